The normalized spacial score (nSPS) is 11.8. The number of ether oxygens (including phenoxy) is 1. The van der Waals surface area contributed by atoms with Crippen LogP contribution in [0.3, 0.4) is 0 Å². The Bertz CT molecular complexity index is 630. The molecule has 2 aromatic heterocycles. The van der Waals surface area contributed by atoms with Crippen LogP contribution in [0.15, 0.2) is 18.3 Å². The van der Waals surface area contributed by atoms with Crippen LogP contribution in [0.5, 0.6) is 0 Å². The van der Waals surface area contributed by atoms with Crippen LogP contribution in [0.2, 0.25) is 0 Å². The van der Waals surface area contributed by atoms with Gasteiger partial charge in [-0.3, -0.25) is 0 Å². The zero-order chi connectivity index (χ0) is 18.3. The third-order valence-corrected chi connectivity index (χ3v) is 4.95. The maximum Gasteiger partial charge on any atom is 0.143 e. The molecule has 0 aliphatic carbocycles. The first-order valence-electron chi connectivity index (χ1n) is 8.27. The maximum atomic E-state index is 5.87. The fourth-order valence-corrected chi connectivity index (χ4v) is 2.65. The monoisotopic (exact) mass is 352 g/mol. The summed E-state index contributed by atoms with van der Waals surface area (Å²) in [4.78, 5) is 8.80. The lowest BCUT2D eigenvalue weighted by Crippen LogP contribution is -2.11. The number of anilines is 1. The first-order chi connectivity index (χ1) is 11.3. The Morgan fingerprint density at radius 1 is 1.17 bits per heavy atom. The predicted octanol–water partition coefficient (Wildman–Crippen LogP) is 3.84. The number of aryl methyl sites for hydroxylation is 1. The molecule has 2 heterocycles. The highest BCUT2D eigenvalue weighted by Crippen LogP contribution is 2.33. The lowest BCUT2D eigenvalue weighted by molar-refractivity contribution is 0.0894. The lowest BCUT2D eigenvalue weighted by atomic mass is 10.2. The molecule has 2 N–H and O–H groups in total. The van der Waals surface area contributed by atoms with Crippen molar-refractivity contribution in [3.8, 4) is 11.4 Å². The molecule has 0 unspecified atom stereocenters. The van der Waals surface area contributed by atoms with Gasteiger partial charge < -0.3 is 15.0 Å². The van der Waals surface area contributed by atoms with E-state index >= 15 is 0 Å². The Morgan fingerprint density at radius 2 is 1.83 bits per heavy atom. The topological polar surface area (TPSA) is 66.0 Å². The van der Waals surface area contributed by atoms with Crippen LogP contribution < -0.4 is 5.73 Å². The van der Waals surface area contributed by atoms with Crippen LogP contribution >= 0.6 is 10.0 Å². The second-order valence-electron chi connectivity index (χ2n) is 6.34. The van der Waals surface area contributed by atoms with Gasteiger partial charge in [0.15, 0.2) is 0 Å². The third kappa shape index (κ3) is 5.83. The van der Waals surface area contributed by atoms with Gasteiger partial charge >= 0.3 is 0 Å². The summed E-state index contributed by atoms with van der Waals surface area (Å²) >= 11 is 0. The quantitative estimate of drug-likeness (QED) is 0.802. The number of imidazole rings is 1. The molecule has 0 radical (unpaired) electrons. The molecular weight excluding hydrogens is 320 g/mol. The SMILES string of the molecule is CC.Cc1nc(-c2ccc(N)nc2)n(COCCS(C)(C)C)c1C. The minimum absolute atomic E-state index is 0.514. The van der Waals surface area contributed by atoms with Gasteiger partial charge in [0.25, 0.3) is 0 Å². The summed E-state index contributed by atoms with van der Waals surface area (Å²) in [5, 5.41) is 0. The Labute approximate surface area is 148 Å². The first kappa shape index (κ1) is 20.5. The van der Waals surface area contributed by atoms with Crippen LogP contribution in [-0.4, -0.2) is 45.7 Å². The van der Waals surface area contributed by atoms with E-state index in [1.54, 1.807) is 12.3 Å². The maximum absolute atomic E-state index is 5.87. The summed E-state index contributed by atoms with van der Waals surface area (Å²) in [6.45, 7) is 9.37. The summed E-state index contributed by atoms with van der Waals surface area (Å²) in [7, 11) is -0.524. The molecule has 2 aromatic rings. The van der Waals surface area contributed by atoms with Gasteiger partial charge in [-0.05, 0) is 44.7 Å². The zero-order valence-electron chi connectivity index (χ0n) is 16.1. The molecule has 5 nitrogen and oxygen atoms in total. The van der Waals surface area contributed by atoms with E-state index in [0.717, 1.165) is 35.1 Å². The van der Waals surface area contributed by atoms with Crippen molar-refractivity contribution in [3.63, 3.8) is 0 Å². The van der Waals surface area contributed by atoms with Crippen LogP contribution in [0.1, 0.15) is 25.2 Å². The molecule has 0 aromatic carbocycles. The van der Waals surface area contributed by atoms with Crippen molar-refractivity contribution < 1.29 is 4.74 Å². The first-order valence-corrected chi connectivity index (χ1v) is 11.3. The number of hydrogen-bond donors (Lipinski definition) is 1. The van der Waals surface area contributed by atoms with E-state index < -0.39 is 10.0 Å². The van der Waals surface area contributed by atoms with Gasteiger partial charge in [0.05, 0.1) is 12.3 Å². The van der Waals surface area contributed by atoms with E-state index in [0.29, 0.717) is 12.5 Å². The standard InChI is InChI=1S/C16H26N4OS.C2H6/c1-12-13(2)20(11-21-8-9-22(3,4)5)16(19-12)14-6-7-15(17)18-10-14;1-2/h6-7,10H,8-9,11H2,1-5H3,(H2,17,18);1-2H3. The number of hydrogen-bond acceptors (Lipinski definition) is 4. The summed E-state index contributed by atoms with van der Waals surface area (Å²) in [6, 6.07) is 3.74. The highest BCUT2D eigenvalue weighted by molar-refractivity contribution is 8.32. The predicted molar refractivity (Wildman–Crippen MR) is 107 cm³/mol. The smallest absolute Gasteiger partial charge is 0.143 e. The number of rotatable bonds is 6. The Balaban J connectivity index is 0.00000139. The number of pyridine rings is 1. The molecule has 0 saturated carbocycles. The van der Waals surface area contributed by atoms with E-state index in [-0.39, 0.29) is 0 Å². The molecule has 0 aliphatic rings. The molecule has 0 bridgehead atoms. The van der Waals surface area contributed by atoms with Gasteiger partial charge in [-0.15, -0.1) is 0 Å². The van der Waals surface area contributed by atoms with E-state index in [1.807, 2.05) is 26.8 Å². The molecular formula is C18H32N4OS. The fraction of sp³-hybridized carbons (Fsp3) is 0.556. The molecule has 136 valence electrons. The molecule has 2 rings (SSSR count). The molecule has 0 aliphatic heterocycles. The third-order valence-electron chi connectivity index (χ3n) is 3.56. The molecule has 0 amide bonds. The van der Waals surface area contributed by atoms with Crippen molar-refractivity contribution in [1.82, 2.24) is 14.5 Å². The van der Waals surface area contributed by atoms with E-state index in [1.165, 1.54) is 0 Å². The van der Waals surface area contributed by atoms with Gasteiger partial charge in [0.1, 0.15) is 18.4 Å². The van der Waals surface area contributed by atoms with Crippen molar-refractivity contribution in [2.24, 2.45) is 0 Å². The number of nitrogens with two attached hydrogens (primary N) is 1. The summed E-state index contributed by atoms with van der Waals surface area (Å²) in [5.74, 6) is 2.50. The van der Waals surface area contributed by atoms with Crippen molar-refractivity contribution in [2.45, 2.75) is 34.4 Å². The van der Waals surface area contributed by atoms with Gasteiger partial charge in [-0.1, -0.05) is 13.8 Å². The minimum Gasteiger partial charge on any atom is -0.384 e. The van der Waals surface area contributed by atoms with Gasteiger partial charge in [0, 0.05) is 23.2 Å². The number of nitrogen functional groups attached to an aromatic ring is 1. The van der Waals surface area contributed by atoms with E-state index in [2.05, 4.69) is 40.2 Å². The van der Waals surface area contributed by atoms with Crippen molar-refractivity contribution >= 4 is 15.8 Å². The molecule has 0 spiro atoms. The van der Waals surface area contributed by atoms with Crippen molar-refractivity contribution in [3.05, 3.63) is 29.7 Å². The Kier molecular flexibility index (Phi) is 7.76. The van der Waals surface area contributed by atoms with Gasteiger partial charge in [-0.25, -0.2) is 20.0 Å². The summed E-state index contributed by atoms with van der Waals surface area (Å²) in [6.07, 6.45) is 8.66. The van der Waals surface area contributed by atoms with Crippen LogP contribution in [0.4, 0.5) is 5.82 Å². The van der Waals surface area contributed by atoms with Crippen molar-refractivity contribution in [2.75, 3.05) is 36.9 Å². The molecule has 0 saturated heterocycles. The number of nitrogens with zero attached hydrogens (tertiary/aromatic N) is 3. The van der Waals surface area contributed by atoms with E-state index in [4.69, 9.17) is 10.5 Å². The van der Waals surface area contributed by atoms with Gasteiger partial charge in [0.2, 0.25) is 0 Å². The molecule has 24 heavy (non-hydrogen) atoms. The van der Waals surface area contributed by atoms with Crippen molar-refractivity contribution in [1.29, 1.82) is 0 Å². The Hall–Kier alpha value is -1.53. The average molecular weight is 353 g/mol. The largest absolute Gasteiger partial charge is 0.384 e. The molecule has 0 fully saturated rings. The minimum atomic E-state index is -0.524. The van der Waals surface area contributed by atoms with Crippen LogP contribution in [-0.2, 0) is 11.5 Å². The second kappa shape index (κ2) is 9.08. The average Bonchev–Trinajstić information content (AvgIpc) is 2.81. The lowest BCUT2D eigenvalue weighted by Gasteiger charge is -2.24. The summed E-state index contributed by atoms with van der Waals surface area (Å²) in [5.41, 5.74) is 8.74. The highest BCUT2D eigenvalue weighted by atomic mass is 32.3. The highest BCUT2D eigenvalue weighted by Gasteiger charge is 2.13. The second-order valence-corrected chi connectivity index (χ2v) is 10.9. The zero-order valence-corrected chi connectivity index (χ0v) is 16.9. The Morgan fingerprint density at radius 3 is 2.38 bits per heavy atom. The molecule has 0 atom stereocenters. The number of aromatic nitrogens is 3. The van der Waals surface area contributed by atoms with E-state index in [9.17, 15) is 0 Å². The molecule has 6 heteroatoms. The van der Waals surface area contributed by atoms with Gasteiger partial charge in [-0.2, -0.15) is 0 Å². The van der Waals surface area contributed by atoms with Crippen LogP contribution in [0, 0.1) is 13.8 Å². The fourth-order valence-electron chi connectivity index (χ4n) is 2.03. The van der Waals surface area contributed by atoms with Crippen LogP contribution in [0.25, 0.3) is 11.4 Å². The summed E-state index contributed by atoms with van der Waals surface area (Å²) < 4.78 is 7.97.